The second-order valence-corrected chi connectivity index (χ2v) is 31.5. The Hall–Kier alpha value is -5.09. The summed E-state index contributed by atoms with van der Waals surface area (Å²) >= 11 is 0. The summed E-state index contributed by atoms with van der Waals surface area (Å²) in [6.07, 6.45) is 109. The highest BCUT2D eigenvalue weighted by atomic mass is 31.2. The Morgan fingerprint density at radius 1 is 0.261 bits per heavy atom. The molecule has 5 unspecified atom stereocenters. The van der Waals surface area contributed by atoms with Crippen LogP contribution in [0.15, 0.2) is 170 Å². The maximum absolute atomic E-state index is 13.0. The number of esters is 3. The fraction of sp³-hybridized carbons (Fsp3) is 0.667. The van der Waals surface area contributed by atoms with Gasteiger partial charge in [-0.1, -0.05) is 345 Å². The van der Waals surface area contributed by atoms with E-state index in [1.165, 1.54) is 148 Å². The average Bonchev–Trinajstić information content (AvgIpc) is 0.891. The van der Waals surface area contributed by atoms with E-state index >= 15 is 0 Å². The summed E-state index contributed by atoms with van der Waals surface area (Å²) in [6.45, 7) is 2.41. The number of rotatable bonds is 81. The number of unbranched alkanes of at least 4 members (excludes halogenated alkanes) is 30. The zero-order chi connectivity index (χ0) is 80.8. The molecular formula is C93H156O16P2. The van der Waals surface area contributed by atoms with Gasteiger partial charge in [-0.3, -0.25) is 32.5 Å². The first-order valence-corrected chi connectivity index (χ1v) is 46.4. The Kier molecular flexibility index (Phi) is 80.4. The van der Waals surface area contributed by atoms with Gasteiger partial charge in [-0.2, -0.15) is 0 Å². The van der Waals surface area contributed by atoms with Crippen molar-refractivity contribution in [3.63, 3.8) is 0 Å². The molecule has 0 saturated carbocycles. The largest absolute Gasteiger partial charge is 0.472 e. The van der Waals surface area contributed by atoms with Gasteiger partial charge in [0.25, 0.3) is 0 Å². The van der Waals surface area contributed by atoms with Gasteiger partial charge >= 0.3 is 33.6 Å². The fourth-order valence-electron chi connectivity index (χ4n) is 11.3. The lowest BCUT2D eigenvalue weighted by molar-refractivity contribution is -0.161. The lowest BCUT2D eigenvalue weighted by Crippen LogP contribution is -2.29. The summed E-state index contributed by atoms with van der Waals surface area (Å²) < 4.78 is 61.2. The molecule has 111 heavy (non-hydrogen) atoms. The predicted octanol–water partition coefficient (Wildman–Crippen LogP) is 26.3. The van der Waals surface area contributed by atoms with Gasteiger partial charge in [0, 0.05) is 19.3 Å². The van der Waals surface area contributed by atoms with Crippen LogP contribution in [-0.4, -0.2) is 95.9 Å². The minimum atomic E-state index is -4.96. The van der Waals surface area contributed by atoms with E-state index in [2.05, 4.69) is 173 Å². The normalized spacial score (nSPS) is 14.7. The van der Waals surface area contributed by atoms with Crippen molar-refractivity contribution in [3.05, 3.63) is 170 Å². The molecule has 634 valence electrons. The minimum Gasteiger partial charge on any atom is -0.463 e. The third-order valence-electron chi connectivity index (χ3n) is 17.9. The van der Waals surface area contributed by atoms with Crippen LogP contribution in [0.4, 0.5) is 0 Å². The number of hydrogen-bond acceptors (Lipinski definition) is 14. The number of allylic oxidation sites excluding steroid dienone is 28. The first-order chi connectivity index (χ1) is 54.2. The molecule has 4 N–H and O–H groups in total. The van der Waals surface area contributed by atoms with Crippen LogP contribution in [0.1, 0.15) is 342 Å². The minimum absolute atomic E-state index is 0.0305. The van der Waals surface area contributed by atoms with Crippen molar-refractivity contribution in [2.75, 3.05) is 39.6 Å². The molecule has 0 fully saturated rings. The van der Waals surface area contributed by atoms with E-state index in [0.29, 0.717) is 25.7 Å². The molecule has 0 amide bonds. The number of carbonyl (C=O) groups excluding carboxylic acids is 3. The second-order valence-electron chi connectivity index (χ2n) is 28.6. The molecule has 0 heterocycles. The van der Waals surface area contributed by atoms with Crippen LogP contribution in [-0.2, 0) is 55.8 Å². The summed E-state index contributed by atoms with van der Waals surface area (Å²) in [5, 5.41) is 20.7. The molecule has 18 heteroatoms. The Labute approximate surface area is 675 Å². The summed E-state index contributed by atoms with van der Waals surface area (Å²) in [7, 11) is -9.84. The Morgan fingerprint density at radius 2 is 0.495 bits per heavy atom. The molecule has 0 radical (unpaired) electrons. The SMILES string of the molecule is CC/C=C\C/C=C\C/C=C\C/C=C\C/C=C\C/C=C\CCC(=O)OC(COC(=O)CCCCCCC/C=C\C/C=C\C/C=C\C/C=C\CCCCC)COP(=O)(O)OCC(O)COP(=O)(O)OCC(O)COC(=O)CCCCCCCCCCCCCCCCCCCCC/C=C\C/C=C\C/C=C\C/C=C\CCCCC. The first kappa shape index (κ1) is 106. The number of phosphoric acid groups is 2. The van der Waals surface area contributed by atoms with Gasteiger partial charge in [0.2, 0.25) is 0 Å². The Balaban J connectivity index is 4.54. The lowest BCUT2D eigenvalue weighted by Gasteiger charge is -2.21. The summed E-state index contributed by atoms with van der Waals surface area (Å²) in [5.41, 5.74) is 0. The summed E-state index contributed by atoms with van der Waals surface area (Å²) in [6, 6.07) is 0. The summed E-state index contributed by atoms with van der Waals surface area (Å²) in [5.74, 6) is -1.70. The van der Waals surface area contributed by atoms with Crippen LogP contribution in [0.25, 0.3) is 0 Å². The van der Waals surface area contributed by atoms with Gasteiger partial charge in [0.15, 0.2) is 6.10 Å². The van der Waals surface area contributed by atoms with Crippen molar-refractivity contribution >= 4 is 33.6 Å². The molecule has 0 aromatic carbocycles. The van der Waals surface area contributed by atoms with E-state index in [4.69, 9.17) is 32.3 Å². The third kappa shape index (κ3) is 85.6. The second kappa shape index (κ2) is 84.3. The number of carbonyl (C=O) groups is 3. The van der Waals surface area contributed by atoms with Gasteiger partial charge in [-0.25, -0.2) is 9.13 Å². The monoisotopic (exact) mass is 1590 g/mol. The van der Waals surface area contributed by atoms with Crippen molar-refractivity contribution in [2.45, 2.75) is 360 Å². The topological polar surface area (TPSA) is 231 Å². The van der Waals surface area contributed by atoms with Crippen molar-refractivity contribution in [2.24, 2.45) is 0 Å². The van der Waals surface area contributed by atoms with Gasteiger partial charge in [0.1, 0.15) is 25.4 Å². The van der Waals surface area contributed by atoms with Crippen molar-refractivity contribution in [1.82, 2.24) is 0 Å². The van der Waals surface area contributed by atoms with E-state index in [1.54, 1.807) is 0 Å². The summed E-state index contributed by atoms with van der Waals surface area (Å²) in [4.78, 5) is 58.8. The van der Waals surface area contributed by atoms with Crippen LogP contribution in [0, 0.1) is 0 Å². The Morgan fingerprint density at radius 3 is 0.793 bits per heavy atom. The van der Waals surface area contributed by atoms with E-state index in [-0.39, 0.29) is 19.3 Å². The Bertz CT molecular complexity index is 2700. The van der Waals surface area contributed by atoms with Crippen LogP contribution in [0.3, 0.4) is 0 Å². The zero-order valence-electron chi connectivity index (χ0n) is 69.6. The number of aliphatic hydroxyl groups is 2. The van der Waals surface area contributed by atoms with Gasteiger partial charge in [0.05, 0.1) is 26.4 Å². The van der Waals surface area contributed by atoms with Gasteiger partial charge in [-0.15, -0.1) is 0 Å². The molecule has 0 aliphatic carbocycles. The zero-order valence-corrected chi connectivity index (χ0v) is 71.4. The number of aliphatic hydroxyl groups excluding tert-OH is 2. The molecule has 0 aromatic rings. The fourth-order valence-corrected chi connectivity index (χ4v) is 12.9. The molecule has 0 spiro atoms. The molecule has 5 atom stereocenters. The lowest BCUT2D eigenvalue weighted by atomic mass is 10.0. The van der Waals surface area contributed by atoms with Crippen molar-refractivity contribution in [3.8, 4) is 0 Å². The number of hydrogen-bond donors (Lipinski definition) is 4. The maximum Gasteiger partial charge on any atom is 0.472 e. The van der Waals surface area contributed by atoms with E-state index in [9.17, 15) is 43.5 Å². The van der Waals surface area contributed by atoms with Gasteiger partial charge < -0.3 is 34.2 Å². The highest BCUT2D eigenvalue weighted by Gasteiger charge is 2.29. The average molecular weight is 1590 g/mol. The van der Waals surface area contributed by atoms with E-state index in [1.807, 2.05) is 18.2 Å². The quantitative estimate of drug-likeness (QED) is 0.0146. The molecule has 0 aliphatic rings. The molecule has 16 nitrogen and oxygen atoms in total. The standard InChI is InChI=1S/C93H156O16P2/c1-4-7-10-13-16-19-22-25-28-31-34-36-37-38-39-40-41-42-43-44-45-46-47-48-49-51-54-55-58-61-64-67-70-73-76-79-91(96)103-82-88(94)83-105-110(99,100)106-84-89(95)85-107-111(101,102)108-87-90(109-93(98)81-78-75-72-69-66-63-60-57-52-33-30-27-24-21-18-15-12-9-6-3)86-104-92(97)80-77-74-71-68-65-62-59-56-53-50-35-32-29-26-23-20-17-14-11-8-5-2/h9,12,16-21,25-30,34-36,38-39,50,52,56-57,59,63,66,72,75,88-90,94-95H,4-8,10-11,13-15,22-24,31-33,37,40-49,51,53-55,58,60-62,64-65,67-71,73-74,76-87H2,1-3H3,(H,99,100)(H,101,102)/b12-9-,19-16-,20-17-,21-18-,28-25-,29-26-,30-27-,36-34-,39-38-,50-35-,57-52-,59-56-,66-63-,75-72-. The predicted molar refractivity (Wildman–Crippen MR) is 463 cm³/mol. The number of ether oxygens (including phenoxy) is 3. The maximum atomic E-state index is 13.0. The highest BCUT2D eigenvalue weighted by molar-refractivity contribution is 7.47. The molecule has 0 saturated heterocycles. The number of phosphoric ester groups is 2. The van der Waals surface area contributed by atoms with Crippen LogP contribution < -0.4 is 0 Å². The molecule has 0 aliphatic heterocycles. The van der Waals surface area contributed by atoms with E-state index < -0.39 is 91.5 Å². The molecule has 0 rings (SSSR count). The smallest absolute Gasteiger partial charge is 0.463 e. The van der Waals surface area contributed by atoms with E-state index in [0.717, 1.165) is 128 Å². The van der Waals surface area contributed by atoms with Crippen LogP contribution in [0.5, 0.6) is 0 Å². The van der Waals surface area contributed by atoms with Crippen LogP contribution in [0.2, 0.25) is 0 Å². The van der Waals surface area contributed by atoms with Crippen molar-refractivity contribution in [1.29, 1.82) is 0 Å². The molecule has 0 bridgehead atoms. The van der Waals surface area contributed by atoms with Gasteiger partial charge in [-0.05, 0) is 148 Å². The molecule has 0 aromatic heterocycles. The van der Waals surface area contributed by atoms with Crippen molar-refractivity contribution < 1.29 is 75.8 Å². The third-order valence-corrected chi connectivity index (χ3v) is 19.8. The molecular weight excluding hydrogens is 1430 g/mol. The first-order valence-electron chi connectivity index (χ1n) is 43.4. The van der Waals surface area contributed by atoms with Crippen LogP contribution >= 0.6 is 15.6 Å². The highest BCUT2D eigenvalue weighted by Crippen LogP contribution is 2.45.